The summed E-state index contributed by atoms with van der Waals surface area (Å²) in [5, 5.41) is 2.65. The molecule has 0 aliphatic carbocycles. The van der Waals surface area contributed by atoms with Crippen molar-refractivity contribution < 1.29 is 18.0 Å². The van der Waals surface area contributed by atoms with Crippen LogP contribution in [0.15, 0.2) is 24.3 Å². The molecule has 1 amide bonds. The number of rotatable bonds is 4. The van der Waals surface area contributed by atoms with Crippen LogP contribution in [0, 0.1) is 0 Å². The molecule has 2 nitrogen and oxygen atoms in total. The van der Waals surface area contributed by atoms with Gasteiger partial charge in [-0.05, 0) is 24.1 Å². The van der Waals surface area contributed by atoms with Crippen LogP contribution in [0.25, 0.3) is 6.08 Å². The van der Waals surface area contributed by atoms with Gasteiger partial charge in [0.1, 0.15) is 0 Å². The van der Waals surface area contributed by atoms with Gasteiger partial charge >= 0.3 is 6.18 Å². The van der Waals surface area contributed by atoms with E-state index in [2.05, 4.69) is 5.32 Å². The van der Waals surface area contributed by atoms with E-state index in [0.29, 0.717) is 18.5 Å². The zero-order valence-corrected chi connectivity index (χ0v) is 11.0. The van der Waals surface area contributed by atoms with Crippen molar-refractivity contribution in [3.8, 4) is 0 Å². The lowest BCUT2D eigenvalue weighted by atomic mass is 10.1. The summed E-state index contributed by atoms with van der Waals surface area (Å²) in [4.78, 5) is 10.6. The molecule has 1 aromatic rings. The molecule has 0 spiro atoms. The molecule has 0 saturated heterocycles. The number of alkyl halides is 3. The Morgan fingerprint density at radius 2 is 2.11 bits per heavy atom. The zero-order chi connectivity index (χ0) is 14.5. The molecule has 0 bridgehead atoms. The first-order valence-electron chi connectivity index (χ1n) is 5.58. The Balaban J connectivity index is 2.65. The molecule has 0 heterocycles. The van der Waals surface area contributed by atoms with Crippen LogP contribution < -0.4 is 5.32 Å². The molecule has 6 heteroatoms. The Morgan fingerprint density at radius 3 is 2.63 bits per heavy atom. The summed E-state index contributed by atoms with van der Waals surface area (Å²) in [5.41, 5.74) is -0.259. The minimum atomic E-state index is -4.39. The van der Waals surface area contributed by atoms with Gasteiger partial charge < -0.3 is 5.32 Å². The lowest BCUT2D eigenvalue weighted by Gasteiger charge is -2.07. The second-order valence-electron chi connectivity index (χ2n) is 3.91. The second-order valence-corrected chi connectivity index (χ2v) is 4.32. The number of amides is 1. The fraction of sp³-hybridized carbons (Fsp3) is 0.308. The van der Waals surface area contributed by atoms with E-state index in [9.17, 15) is 18.0 Å². The van der Waals surface area contributed by atoms with E-state index in [1.165, 1.54) is 13.0 Å². The van der Waals surface area contributed by atoms with E-state index < -0.39 is 11.7 Å². The van der Waals surface area contributed by atoms with Crippen molar-refractivity contribution in [3.05, 3.63) is 40.4 Å². The first-order chi connectivity index (χ1) is 8.80. The Morgan fingerprint density at radius 1 is 1.42 bits per heavy atom. The Hall–Kier alpha value is -1.49. The van der Waals surface area contributed by atoms with Crippen LogP contribution in [0.1, 0.15) is 24.5 Å². The molecule has 0 aliphatic rings. The maximum Gasteiger partial charge on any atom is 0.416 e. The molecule has 1 N–H and O–H groups in total. The maximum absolute atomic E-state index is 12.4. The van der Waals surface area contributed by atoms with Gasteiger partial charge in [0.2, 0.25) is 5.91 Å². The molecular formula is C13H13ClF3NO. The number of carbonyl (C=O) groups excluding carboxylic acids is 1. The average Bonchev–Trinajstić information content (AvgIpc) is 2.28. The molecule has 19 heavy (non-hydrogen) atoms. The number of halogens is 4. The van der Waals surface area contributed by atoms with Gasteiger partial charge in [-0.15, -0.1) is 0 Å². The summed E-state index contributed by atoms with van der Waals surface area (Å²) in [6, 6.07) is 3.20. The van der Waals surface area contributed by atoms with Crippen molar-refractivity contribution >= 4 is 23.6 Å². The third kappa shape index (κ3) is 5.34. The highest BCUT2D eigenvalue weighted by Crippen LogP contribution is 2.32. The summed E-state index contributed by atoms with van der Waals surface area (Å²) in [5.74, 6) is -0.124. The summed E-state index contributed by atoms with van der Waals surface area (Å²) in [7, 11) is 0. The van der Waals surface area contributed by atoms with Crippen LogP contribution in [-0.4, -0.2) is 12.5 Å². The molecule has 0 aliphatic heterocycles. The van der Waals surface area contributed by atoms with Crippen LogP contribution in [0.3, 0.4) is 0 Å². The monoisotopic (exact) mass is 291 g/mol. The van der Waals surface area contributed by atoms with Crippen molar-refractivity contribution in [1.82, 2.24) is 5.32 Å². The number of nitrogens with one attached hydrogen (secondary N) is 1. The molecule has 1 rings (SSSR count). The Labute approximate surface area is 114 Å². The highest BCUT2D eigenvalue weighted by Gasteiger charge is 2.30. The molecule has 0 unspecified atom stereocenters. The number of benzene rings is 1. The Bertz CT molecular complexity index is 483. The van der Waals surface area contributed by atoms with E-state index in [0.717, 1.165) is 12.1 Å². The fourth-order valence-electron chi connectivity index (χ4n) is 1.38. The van der Waals surface area contributed by atoms with Crippen LogP contribution in [-0.2, 0) is 11.0 Å². The normalized spacial score (nSPS) is 11.8. The van der Waals surface area contributed by atoms with Gasteiger partial charge in [-0.3, -0.25) is 4.79 Å². The summed E-state index contributed by atoms with van der Waals surface area (Å²) in [6.07, 6.45) is -0.442. The molecule has 1 aromatic carbocycles. The largest absolute Gasteiger partial charge is 0.416 e. The van der Waals surface area contributed by atoms with E-state index in [4.69, 9.17) is 11.6 Å². The zero-order valence-electron chi connectivity index (χ0n) is 10.2. The van der Waals surface area contributed by atoms with Gasteiger partial charge in [0.05, 0.1) is 5.56 Å². The number of hydrogen-bond donors (Lipinski definition) is 1. The van der Waals surface area contributed by atoms with Crippen LogP contribution in [0.2, 0.25) is 5.02 Å². The van der Waals surface area contributed by atoms with Gasteiger partial charge in [-0.1, -0.05) is 29.8 Å². The van der Waals surface area contributed by atoms with E-state index >= 15 is 0 Å². The quantitative estimate of drug-likeness (QED) is 0.838. The lowest BCUT2D eigenvalue weighted by Crippen LogP contribution is -2.20. The van der Waals surface area contributed by atoms with Crippen LogP contribution in [0.5, 0.6) is 0 Å². The smallest absolute Gasteiger partial charge is 0.356 e. The van der Waals surface area contributed by atoms with Crippen molar-refractivity contribution in [2.75, 3.05) is 6.54 Å². The van der Waals surface area contributed by atoms with Gasteiger partial charge in [0, 0.05) is 18.5 Å². The maximum atomic E-state index is 12.4. The van der Waals surface area contributed by atoms with E-state index in [1.807, 2.05) is 0 Å². The summed E-state index contributed by atoms with van der Waals surface area (Å²) < 4.78 is 37.2. The highest BCUT2D eigenvalue weighted by atomic mass is 35.5. The minimum absolute atomic E-state index is 0.0469. The minimum Gasteiger partial charge on any atom is -0.356 e. The first kappa shape index (κ1) is 15.6. The second kappa shape index (κ2) is 6.61. The van der Waals surface area contributed by atoms with Gasteiger partial charge in [-0.25, -0.2) is 0 Å². The van der Waals surface area contributed by atoms with Crippen molar-refractivity contribution in [1.29, 1.82) is 0 Å². The molecule has 0 saturated carbocycles. The van der Waals surface area contributed by atoms with Crippen molar-refractivity contribution in [2.45, 2.75) is 19.5 Å². The van der Waals surface area contributed by atoms with Crippen LogP contribution >= 0.6 is 11.6 Å². The van der Waals surface area contributed by atoms with Gasteiger partial charge in [-0.2, -0.15) is 13.2 Å². The third-order valence-corrected chi connectivity index (χ3v) is 2.64. The fourth-order valence-corrected chi connectivity index (χ4v) is 1.62. The standard InChI is InChI=1S/C13H13ClF3NO/c1-9(19)18-7-3-2-4-10-5-6-11(8-12(10)14)13(15,16)17/h2,4-6,8H,3,7H2,1H3,(H,18,19). The number of carbonyl (C=O) groups is 1. The molecule has 104 valence electrons. The molecular weight excluding hydrogens is 279 g/mol. The predicted octanol–water partition coefficient (Wildman–Crippen LogP) is 3.90. The highest BCUT2D eigenvalue weighted by molar-refractivity contribution is 6.32. The van der Waals surface area contributed by atoms with Gasteiger partial charge in [0.15, 0.2) is 0 Å². The van der Waals surface area contributed by atoms with Crippen LogP contribution in [0.4, 0.5) is 13.2 Å². The van der Waals surface area contributed by atoms with Gasteiger partial charge in [0.25, 0.3) is 0 Å². The van der Waals surface area contributed by atoms with Crippen molar-refractivity contribution in [2.24, 2.45) is 0 Å². The molecule has 0 radical (unpaired) electrons. The topological polar surface area (TPSA) is 29.1 Å². The molecule has 0 aromatic heterocycles. The summed E-state index contributed by atoms with van der Waals surface area (Å²) >= 11 is 5.78. The lowest BCUT2D eigenvalue weighted by molar-refractivity contribution is -0.137. The molecule has 0 fully saturated rings. The van der Waals surface area contributed by atoms with E-state index in [-0.39, 0.29) is 10.9 Å². The SMILES string of the molecule is CC(=O)NCCC=Cc1ccc(C(F)(F)F)cc1Cl. The Kier molecular flexibility index (Phi) is 5.42. The van der Waals surface area contributed by atoms with E-state index in [1.54, 1.807) is 12.2 Å². The summed E-state index contributed by atoms with van der Waals surface area (Å²) in [6.45, 7) is 1.89. The first-order valence-corrected chi connectivity index (χ1v) is 5.96. The third-order valence-electron chi connectivity index (χ3n) is 2.31. The molecule has 0 atom stereocenters. The predicted molar refractivity (Wildman–Crippen MR) is 68.8 cm³/mol. The average molecular weight is 292 g/mol. The number of hydrogen-bond acceptors (Lipinski definition) is 1. The van der Waals surface area contributed by atoms with Crippen molar-refractivity contribution in [3.63, 3.8) is 0 Å².